The van der Waals surface area contributed by atoms with Crippen molar-refractivity contribution in [3.8, 4) is 0 Å². The highest BCUT2D eigenvalue weighted by Crippen LogP contribution is 2.17. The molecule has 0 aliphatic carbocycles. The molecule has 152 valence electrons. The molecule has 0 radical (unpaired) electrons. The molecule has 0 bridgehead atoms. The molecule has 0 aromatic carbocycles. The summed E-state index contributed by atoms with van der Waals surface area (Å²) in [5, 5.41) is 0. The third-order valence-corrected chi connectivity index (χ3v) is 4.85. The molecule has 0 amide bonds. The lowest BCUT2D eigenvalue weighted by Crippen LogP contribution is -2.36. The van der Waals surface area contributed by atoms with Crippen LogP contribution in [0.1, 0.15) is 97.8 Å². The number of carbonyl (C=O) groups excluding carboxylic acids is 1. The highest BCUT2D eigenvalue weighted by Gasteiger charge is 2.25. The van der Waals surface area contributed by atoms with Crippen LogP contribution in [0.15, 0.2) is 12.2 Å². The first-order valence-corrected chi connectivity index (χ1v) is 10.8. The van der Waals surface area contributed by atoms with Crippen LogP contribution >= 0.6 is 0 Å². The van der Waals surface area contributed by atoms with Gasteiger partial charge in [0.1, 0.15) is 6.10 Å². The zero-order chi connectivity index (χ0) is 19.0. The number of rotatable bonds is 15. The Bertz CT molecular complexity index is 380. The van der Waals surface area contributed by atoms with Crippen molar-refractivity contribution in [3.63, 3.8) is 0 Å². The van der Waals surface area contributed by atoms with Gasteiger partial charge in [0, 0.05) is 6.92 Å². The Balaban J connectivity index is 1.90. The van der Waals surface area contributed by atoms with E-state index in [1.54, 1.807) is 0 Å². The molecule has 0 N–H and O–H groups in total. The first-order valence-electron chi connectivity index (χ1n) is 10.8. The Morgan fingerprint density at radius 2 is 1.42 bits per heavy atom. The molecular weight excluding hydrogens is 328 g/mol. The molecule has 1 heterocycles. The van der Waals surface area contributed by atoms with Crippen LogP contribution in [0.2, 0.25) is 0 Å². The number of ether oxygens (including phenoxy) is 3. The lowest BCUT2D eigenvalue weighted by Gasteiger charge is -2.29. The minimum atomic E-state index is -0.315. The Morgan fingerprint density at radius 1 is 0.885 bits per heavy atom. The fourth-order valence-electron chi connectivity index (χ4n) is 3.26. The van der Waals surface area contributed by atoms with Gasteiger partial charge in [-0.25, -0.2) is 0 Å². The third kappa shape index (κ3) is 11.7. The second-order valence-corrected chi connectivity index (χ2v) is 7.43. The number of unbranched alkanes of at least 4 members (excludes halogenated alkanes) is 11. The fourth-order valence-corrected chi connectivity index (χ4v) is 3.26. The second-order valence-electron chi connectivity index (χ2n) is 7.43. The van der Waals surface area contributed by atoms with E-state index in [1.165, 1.54) is 77.6 Å². The summed E-state index contributed by atoms with van der Waals surface area (Å²) in [6, 6.07) is 0. The van der Waals surface area contributed by atoms with Crippen molar-refractivity contribution in [3.05, 3.63) is 12.2 Å². The zero-order valence-corrected chi connectivity index (χ0v) is 17.2. The average molecular weight is 369 g/mol. The lowest BCUT2D eigenvalue weighted by atomic mass is 10.1. The SMILES string of the molecule is CCCCCCCCCCCCCCO[C@@H]1C=C[C@H](OC(C)=O)[C@@H](C)O1. The summed E-state index contributed by atoms with van der Waals surface area (Å²) in [5.74, 6) is -0.286. The molecule has 0 aromatic rings. The lowest BCUT2D eigenvalue weighted by molar-refractivity contribution is -0.181. The maximum Gasteiger partial charge on any atom is 0.303 e. The third-order valence-electron chi connectivity index (χ3n) is 4.85. The van der Waals surface area contributed by atoms with E-state index in [1.807, 2.05) is 19.1 Å². The van der Waals surface area contributed by atoms with Crippen LogP contribution < -0.4 is 0 Å². The Morgan fingerprint density at radius 3 is 1.92 bits per heavy atom. The van der Waals surface area contributed by atoms with Gasteiger partial charge in [-0.3, -0.25) is 4.79 Å². The number of hydrogen-bond acceptors (Lipinski definition) is 4. The van der Waals surface area contributed by atoms with E-state index in [4.69, 9.17) is 14.2 Å². The average Bonchev–Trinajstić information content (AvgIpc) is 2.61. The molecule has 26 heavy (non-hydrogen) atoms. The standard InChI is InChI=1S/C22H40O4/c1-4-5-6-7-8-9-10-11-12-13-14-15-18-24-22-17-16-21(19(2)25-22)26-20(3)23/h16-17,19,21-22H,4-15,18H2,1-3H3/t19-,21+,22+/m1/s1. The van der Waals surface area contributed by atoms with Crippen molar-refractivity contribution in [2.45, 2.75) is 116 Å². The monoisotopic (exact) mass is 368 g/mol. The van der Waals surface area contributed by atoms with Crippen LogP contribution in [0.3, 0.4) is 0 Å². The van der Waals surface area contributed by atoms with Gasteiger partial charge in [-0.15, -0.1) is 0 Å². The predicted octanol–water partition coefficient (Wildman–Crippen LogP) is 5.94. The van der Waals surface area contributed by atoms with Crippen molar-refractivity contribution >= 4 is 5.97 Å². The quantitative estimate of drug-likeness (QED) is 0.204. The molecule has 0 saturated heterocycles. The molecule has 0 aromatic heterocycles. The van der Waals surface area contributed by atoms with Gasteiger partial charge in [0.25, 0.3) is 0 Å². The fraction of sp³-hybridized carbons (Fsp3) is 0.864. The Kier molecular flexibility index (Phi) is 13.6. The van der Waals surface area contributed by atoms with Crippen LogP contribution in [0.4, 0.5) is 0 Å². The minimum Gasteiger partial charge on any atom is -0.456 e. The molecule has 1 aliphatic rings. The first-order chi connectivity index (χ1) is 12.6. The summed E-state index contributed by atoms with van der Waals surface area (Å²) in [6.07, 6.45) is 19.0. The van der Waals surface area contributed by atoms with Crippen LogP contribution in [-0.2, 0) is 19.0 Å². The van der Waals surface area contributed by atoms with Crippen LogP contribution in [0, 0.1) is 0 Å². The zero-order valence-electron chi connectivity index (χ0n) is 17.2. The summed E-state index contributed by atoms with van der Waals surface area (Å²) < 4.78 is 16.6. The number of carbonyl (C=O) groups is 1. The molecule has 0 saturated carbocycles. The number of hydrogen-bond donors (Lipinski definition) is 0. The molecule has 0 fully saturated rings. The van der Waals surface area contributed by atoms with Crippen molar-refractivity contribution in [2.75, 3.05) is 6.61 Å². The molecule has 0 spiro atoms. The van der Waals surface area contributed by atoms with Crippen molar-refractivity contribution in [1.29, 1.82) is 0 Å². The van der Waals surface area contributed by atoms with Gasteiger partial charge in [-0.05, 0) is 25.5 Å². The van der Waals surface area contributed by atoms with Gasteiger partial charge in [-0.2, -0.15) is 0 Å². The minimum absolute atomic E-state index is 0.170. The molecular formula is C22H40O4. The van der Waals surface area contributed by atoms with Crippen molar-refractivity contribution < 1.29 is 19.0 Å². The molecule has 3 atom stereocenters. The van der Waals surface area contributed by atoms with E-state index in [0.717, 1.165) is 13.0 Å². The smallest absolute Gasteiger partial charge is 0.303 e. The van der Waals surface area contributed by atoms with Gasteiger partial charge in [0.2, 0.25) is 0 Å². The van der Waals surface area contributed by atoms with E-state index in [0.29, 0.717) is 0 Å². The van der Waals surface area contributed by atoms with Crippen LogP contribution in [-0.4, -0.2) is 31.1 Å². The van der Waals surface area contributed by atoms with Gasteiger partial charge in [0.15, 0.2) is 6.29 Å². The molecule has 1 aliphatic heterocycles. The predicted molar refractivity (Wildman–Crippen MR) is 106 cm³/mol. The van der Waals surface area contributed by atoms with E-state index in [9.17, 15) is 4.79 Å². The highest BCUT2D eigenvalue weighted by molar-refractivity contribution is 5.66. The Labute approximate surface area is 160 Å². The highest BCUT2D eigenvalue weighted by atomic mass is 16.7. The topological polar surface area (TPSA) is 44.8 Å². The Hall–Kier alpha value is -0.870. The largest absolute Gasteiger partial charge is 0.456 e. The summed E-state index contributed by atoms with van der Waals surface area (Å²) in [4.78, 5) is 11.0. The van der Waals surface area contributed by atoms with Gasteiger partial charge in [0.05, 0.1) is 12.7 Å². The summed E-state index contributed by atoms with van der Waals surface area (Å²) >= 11 is 0. The summed E-state index contributed by atoms with van der Waals surface area (Å²) in [6.45, 7) is 6.30. The van der Waals surface area contributed by atoms with Crippen LogP contribution in [0.5, 0.6) is 0 Å². The molecule has 4 heteroatoms. The molecule has 4 nitrogen and oxygen atoms in total. The summed E-state index contributed by atoms with van der Waals surface area (Å²) in [7, 11) is 0. The van der Waals surface area contributed by atoms with E-state index in [2.05, 4.69) is 6.92 Å². The van der Waals surface area contributed by atoms with Gasteiger partial charge >= 0.3 is 5.97 Å². The first kappa shape index (κ1) is 23.2. The van der Waals surface area contributed by atoms with E-state index in [-0.39, 0.29) is 24.5 Å². The van der Waals surface area contributed by atoms with E-state index < -0.39 is 0 Å². The van der Waals surface area contributed by atoms with E-state index >= 15 is 0 Å². The maximum atomic E-state index is 11.0. The van der Waals surface area contributed by atoms with Gasteiger partial charge < -0.3 is 14.2 Å². The van der Waals surface area contributed by atoms with Crippen molar-refractivity contribution in [2.24, 2.45) is 0 Å². The summed E-state index contributed by atoms with van der Waals surface area (Å²) in [5.41, 5.74) is 0. The molecule has 1 rings (SSSR count). The second kappa shape index (κ2) is 15.2. The normalized spacial score (nSPS) is 22.5. The number of esters is 1. The maximum absolute atomic E-state index is 11.0. The van der Waals surface area contributed by atoms with Crippen molar-refractivity contribution in [1.82, 2.24) is 0 Å². The van der Waals surface area contributed by atoms with Crippen LogP contribution in [0.25, 0.3) is 0 Å². The molecule has 0 unspecified atom stereocenters. The van der Waals surface area contributed by atoms with Gasteiger partial charge in [-0.1, -0.05) is 77.6 Å².